The van der Waals surface area contributed by atoms with E-state index in [1.165, 1.54) is 7.14 Å². The van der Waals surface area contributed by atoms with Gasteiger partial charge in [0.15, 0.2) is 0 Å². The Bertz CT molecular complexity index is 811. The summed E-state index contributed by atoms with van der Waals surface area (Å²) in [6.45, 7) is 11.4. The summed E-state index contributed by atoms with van der Waals surface area (Å²) in [5.74, 6) is 3.35. The Labute approximate surface area is 216 Å². The Morgan fingerprint density at radius 1 is 0.559 bits per heavy atom. The number of ether oxygens (including phenoxy) is 3. The van der Waals surface area contributed by atoms with Gasteiger partial charge in [0.1, 0.15) is 0 Å². The Kier molecular flexibility index (Phi) is 14.9. The van der Waals surface area contributed by atoms with Gasteiger partial charge in [-0.3, -0.25) is 0 Å². The first-order chi connectivity index (χ1) is 16.7. The summed E-state index contributed by atoms with van der Waals surface area (Å²) in [5, 5.41) is 0. The predicted octanol–water partition coefficient (Wildman–Crippen LogP) is 4.46. The zero-order valence-electron chi connectivity index (χ0n) is 21.4. The first kappa shape index (κ1) is 28.6. The van der Waals surface area contributed by atoms with Crippen LogP contribution in [0.15, 0.2) is 36.4 Å². The molecule has 0 aromatic heterocycles. The van der Waals surface area contributed by atoms with E-state index in [-0.39, 0.29) is 0 Å². The summed E-state index contributed by atoms with van der Waals surface area (Å²) in [6, 6.07) is 12.3. The molecule has 0 heterocycles. The van der Waals surface area contributed by atoms with Gasteiger partial charge < -0.3 is 0 Å². The Morgan fingerprint density at radius 3 is 1.59 bits per heavy atom. The van der Waals surface area contributed by atoms with Crippen LogP contribution in [-0.4, -0.2) is 26.4 Å². The third-order valence-electron chi connectivity index (χ3n) is 5.02. The van der Waals surface area contributed by atoms with Gasteiger partial charge in [-0.05, 0) is 0 Å². The van der Waals surface area contributed by atoms with Crippen LogP contribution in [-0.2, 0) is 4.89 Å². The topological polar surface area (TPSA) is 46.2 Å². The van der Waals surface area contributed by atoms with Gasteiger partial charge >= 0.3 is 217 Å². The molecule has 34 heavy (non-hydrogen) atoms. The van der Waals surface area contributed by atoms with Crippen molar-refractivity contribution in [3.8, 4) is 23.0 Å². The van der Waals surface area contributed by atoms with Crippen LogP contribution < -0.4 is 40.3 Å². The number of benzene rings is 2. The van der Waals surface area contributed by atoms with Crippen molar-refractivity contribution in [2.75, 3.05) is 26.4 Å². The molecule has 2 aromatic carbocycles. The average Bonchev–Trinajstić information content (AvgIpc) is 2.85. The normalized spacial score (nSPS) is 10.9. The molecule has 0 bridgehead atoms. The minimum absolute atomic E-state index is 0.523. The molecule has 2 rings (SSSR count). The van der Waals surface area contributed by atoms with Gasteiger partial charge in [0.25, 0.3) is 0 Å². The van der Waals surface area contributed by atoms with Crippen LogP contribution in [0.1, 0.15) is 79.1 Å². The molecule has 0 spiro atoms. The summed E-state index contributed by atoms with van der Waals surface area (Å²) >= 11 is -0.523. The first-order valence-corrected chi connectivity index (χ1v) is 15.0. The molecule has 192 valence electrons. The molecular formula is C28H42IO5-. The number of rotatable bonds is 19. The van der Waals surface area contributed by atoms with Gasteiger partial charge in [-0.25, -0.2) is 0 Å². The van der Waals surface area contributed by atoms with Gasteiger partial charge in [0.2, 0.25) is 0 Å². The molecule has 0 fully saturated rings. The van der Waals surface area contributed by atoms with E-state index in [0.717, 1.165) is 75.2 Å². The van der Waals surface area contributed by atoms with Crippen LogP contribution in [0.2, 0.25) is 0 Å². The monoisotopic (exact) mass is 585 g/mol. The van der Waals surface area contributed by atoms with Gasteiger partial charge in [-0.1, -0.05) is 0 Å². The van der Waals surface area contributed by atoms with E-state index >= 15 is 0 Å². The summed E-state index contributed by atoms with van der Waals surface area (Å²) in [5.41, 5.74) is 0. The van der Waals surface area contributed by atoms with E-state index in [0.29, 0.717) is 25.6 Å². The molecule has 0 radical (unpaired) electrons. The summed E-state index contributed by atoms with van der Waals surface area (Å²) in [4.78, 5) is 10.8. The van der Waals surface area contributed by atoms with Gasteiger partial charge in [-0.2, -0.15) is 0 Å². The van der Waals surface area contributed by atoms with Crippen molar-refractivity contribution in [1.29, 1.82) is 0 Å². The number of unbranched alkanes of at least 4 members (excludes halogenated alkanes) is 4. The molecule has 5 nitrogen and oxygen atoms in total. The van der Waals surface area contributed by atoms with Crippen LogP contribution in [0.4, 0.5) is 0 Å². The van der Waals surface area contributed by atoms with E-state index in [4.69, 9.17) is 24.0 Å². The minimum atomic E-state index is -0.523. The van der Waals surface area contributed by atoms with Crippen molar-refractivity contribution < 1.29 is 45.2 Å². The molecule has 0 amide bonds. The Morgan fingerprint density at radius 2 is 1.03 bits per heavy atom. The quantitative estimate of drug-likeness (QED) is 0.106. The molecule has 0 atom stereocenters. The predicted molar refractivity (Wildman–Crippen MR) is 133 cm³/mol. The fraction of sp³-hybridized carbons (Fsp3) is 0.571. The van der Waals surface area contributed by atoms with Crippen molar-refractivity contribution in [3.63, 3.8) is 0 Å². The van der Waals surface area contributed by atoms with Gasteiger partial charge in [0.05, 0.1) is 0 Å². The molecule has 0 aliphatic carbocycles. The number of halogens is 1. The van der Waals surface area contributed by atoms with Crippen molar-refractivity contribution in [2.45, 2.75) is 79.1 Å². The van der Waals surface area contributed by atoms with Crippen LogP contribution in [0.5, 0.6) is 23.0 Å². The van der Waals surface area contributed by atoms with Gasteiger partial charge in [0, 0.05) is 0 Å². The van der Waals surface area contributed by atoms with Gasteiger partial charge in [-0.15, -0.1) is 0 Å². The molecule has 0 aliphatic rings. The van der Waals surface area contributed by atoms with Crippen molar-refractivity contribution in [1.82, 2.24) is 0 Å². The second kappa shape index (κ2) is 17.7. The zero-order chi connectivity index (χ0) is 24.4. The summed E-state index contributed by atoms with van der Waals surface area (Å²) in [7, 11) is 0. The van der Waals surface area contributed by atoms with Crippen LogP contribution in [0.25, 0.3) is 0 Å². The van der Waals surface area contributed by atoms with E-state index in [2.05, 4.69) is 52.0 Å². The third-order valence-corrected chi connectivity index (χ3v) is 7.97. The maximum absolute atomic E-state index is 6.20. The second-order valence-corrected chi connectivity index (χ2v) is 11.0. The van der Waals surface area contributed by atoms with Crippen molar-refractivity contribution >= 4 is 0 Å². The Hall–Kier alpha value is -1.67. The van der Waals surface area contributed by atoms with Crippen LogP contribution in [0, 0.1) is 7.14 Å². The number of hydrogen-bond donors (Lipinski definition) is 0. The fourth-order valence-corrected chi connectivity index (χ4v) is 5.40. The fourth-order valence-electron chi connectivity index (χ4n) is 2.90. The van der Waals surface area contributed by atoms with E-state index in [1.54, 1.807) is 0 Å². The average molecular weight is 586 g/mol. The summed E-state index contributed by atoms with van der Waals surface area (Å²) < 4.78 is 20.7. The van der Waals surface area contributed by atoms with Crippen LogP contribution in [0.3, 0.4) is 0 Å². The Balaban J connectivity index is 2.21. The SMILES string of the molecule is CCCCOOc1ccc([I-]c2ccc(OCCCC)cc2OCCCC)c(OCCCC)c1. The molecule has 0 aliphatic heterocycles. The number of hydrogen-bond acceptors (Lipinski definition) is 5. The van der Waals surface area contributed by atoms with Crippen molar-refractivity contribution in [3.05, 3.63) is 43.5 Å². The van der Waals surface area contributed by atoms with E-state index in [1.807, 2.05) is 12.1 Å². The zero-order valence-corrected chi connectivity index (χ0v) is 23.5. The second-order valence-electron chi connectivity index (χ2n) is 8.14. The standard InChI is InChI=1S/C28H42IO5/c1-5-9-17-30-23-13-15-25(27(21-23)31-18-10-6-2)29-26-16-14-24(34-33-20-12-8-4)22-28(26)32-19-11-7-3/h13-16,21-22H,5-12,17-20H2,1-4H3/q-1. The molecule has 0 unspecified atom stereocenters. The molecule has 0 N–H and O–H groups in total. The molecule has 2 aromatic rings. The molecule has 0 saturated carbocycles. The van der Waals surface area contributed by atoms with Crippen molar-refractivity contribution in [2.24, 2.45) is 0 Å². The van der Waals surface area contributed by atoms with E-state index < -0.39 is 21.2 Å². The molecule has 0 saturated heterocycles. The van der Waals surface area contributed by atoms with E-state index in [9.17, 15) is 0 Å². The molecular weight excluding hydrogens is 543 g/mol. The van der Waals surface area contributed by atoms with Crippen LogP contribution >= 0.6 is 0 Å². The molecule has 6 heteroatoms. The summed E-state index contributed by atoms with van der Waals surface area (Å²) in [6.07, 6.45) is 8.47. The maximum atomic E-state index is 6.20. The third kappa shape index (κ3) is 10.7. The first-order valence-electron chi connectivity index (χ1n) is 12.8.